The smallest absolute Gasteiger partial charge is 0.217 e. The van der Waals surface area contributed by atoms with Crippen molar-refractivity contribution in [3.63, 3.8) is 0 Å². The Bertz CT molecular complexity index is 680. The van der Waals surface area contributed by atoms with E-state index in [9.17, 15) is 9.90 Å². The van der Waals surface area contributed by atoms with Gasteiger partial charge in [-0.15, -0.1) is 5.53 Å². The highest BCUT2D eigenvalue weighted by Crippen LogP contribution is 2.24. The number of aliphatic hydroxyl groups is 1. The summed E-state index contributed by atoms with van der Waals surface area (Å²) in [6.45, 7) is 0.925. The van der Waals surface area contributed by atoms with Crippen LogP contribution >= 0.6 is 0 Å². The lowest BCUT2D eigenvalue weighted by Gasteiger charge is -2.29. The summed E-state index contributed by atoms with van der Waals surface area (Å²) < 4.78 is 11.6. The predicted molar refractivity (Wildman–Crippen MR) is 110 cm³/mol. The molecule has 1 unspecified atom stereocenters. The van der Waals surface area contributed by atoms with E-state index in [2.05, 4.69) is 17.2 Å². The standard InChI is InChI=1S/C21H32N4O4/c22-20(27)7-3-1-2-4-13-25-14-19(23-24-25)16-9-11-17(12-10-16)28-21-8-5-6-18(15-26)29-21/h9-12,14,18,21,23-24,26H,1-8,13,15H2,(H2,22,27)/t18?,21-/m0/s1. The van der Waals surface area contributed by atoms with Crippen molar-refractivity contribution in [1.29, 1.82) is 0 Å². The molecule has 0 aromatic heterocycles. The third-order valence-electron chi connectivity index (χ3n) is 5.14. The molecule has 5 N–H and O–H groups in total. The molecule has 8 nitrogen and oxygen atoms in total. The van der Waals surface area contributed by atoms with Gasteiger partial charge in [0.15, 0.2) is 6.29 Å². The van der Waals surface area contributed by atoms with Crippen molar-refractivity contribution < 1.29 is 19.4 Å². The van der Waals surface area contributed by atoms with Gasteiger partial charge in [-0.1, -0.05) is 12.8 Å². The van der Waals surface area contributed by atoms with Crippen LogP contribution < -0.4 is 21.4 Å². The average molecular weight is 405 g/mol. The highest BCUT2D eigenvalue weighted by atomic mass is 16.7. The van der Waals surface area contributed by atoms with Gasteiger partial charge in [0.1, 0.15) is 5.75 Å². The van der Waals surface area contributed by atoms with Crippen LogP contribution in [0.4, 0.5) is 0 Å². The maximum atomic E-state index is 10.7. The highest BCUT2D eigenvalue weighted by Gasteiger charge is 2.23. The van der Waals surface area contributed by atoms with Crippen LogP contribution in [0, 0.1) is 0 Å². The van der Waals surface area contributed by atoms with E-state index in [0.29, 0.717) is 6.42 Å². The first-order valence-electron chi connectivity index (χ1n) is 10.5. The second-order valence-corrected chi connectivity index (χ2v) is 7.55. The molecule has 0 radical (unpaired) electrons. The van der Waals surface area contributed by atoms with E-state index in [-0.39, 0.29) is 24.9 Å². The van der Waals surface area contributed by atoms with Crippen LogP contribution in [-0.4, -0.2) is 41.6 Å². The van der Waals surface area contributed by atoms with Crippen molar-refractivity contribution in [2.45, 2.75) is 63.8 Å². The Morgan fingerprint density at radius 2 is 2.00 bits per heavy atom. The number of carbonyl (C=O) groups excluding carboxylic acids is 1. The number of rotatable bonds is 11. The topological polar surface area (TPSA) is 109 Å². The van der Waals surface area contributed by atoms with E-state index < -0.39 is 0 Å². The van der Waals surface area contributed by atoms with Crippen LogP contribution in [0.25, 0.3) is 5.70 Å². The van der Waals surface area contributed by atoms with Crippen LogP contribution in [0.1, 0.15) is 56.9 Å². The van der Waals surface area contributed by atoms with Crippen molar-refractivity contribution in [2.24, 2.45) is 5.73 Å². The maximum Gasteiger partial charge on any atom is 0.217 e. The van der Waals surface area contributed by atoms with E-state index in [1.54, 1.807) is 0 Å². The molecule has 2 atom stereocenters. The van der Waals surface area contributed by atoms with Crippen molar-refractivity contribution in [2.75, 3.05) is 13.2 Å². The summed E-state index contributed by atoms with van der Waals surface area (Å²) in [6.07, 6.45) is 8.82. The monoisotopic (exact) mass is 404 g/mol. The van der Waals surface area contributed by atoms with Crippen LogP contribution in [-0.2, 0) is 9.53 Å². The molecule has 0 saturated carbocycles. The fraction of sp³-hybridized carbons (Fsp3) is 0.571. The summed E-state index contributed by atoms with van der Waals surface area (Å²) >= 11 is 0. The third kappa shape index (κ3) is 6.92. The molecule has 0 bridgehead atoms. The fourth-order valence-electron chi connectivity index (χ4n) is 3.50. The Balaban J connectivity index is 1.41. The second kappa shape index (κ2) is 11.0. The Labute approximate surface area is 172 Å². The minimum atomic E-state index is -0.296. The zero-order valence-electron chi connectivity index (χ0n) is 16.8. The summed E-state index contributed by atoms with van der Waals surface area (Å²) in [6, 6.07) is 7.89. The molecular weight excluding hydrogens is 372 g/mol. The molecule has 3 rings (SSSR count). The van der Waals surface area contributed by atoms with Crippen LogP contribution in [0.15, 0.2) is 30.5 Å². The molecule has 29 heavy (non-hydrogen) atoms. The maximum absolute atomic E-state index is 10.7. The zero-order valence-corrected chi connectivity index (χ0v) is 16.8. The van der Waals surface area contributed by atoms with E-state index in [1.807, 2.05) is 29.3 Å². The lowest BCUT2D eigenvalue weighted by atomic mass is 10.1. The zero-order chi connectivity index (χ0) is 20.5. The van der Waals surface area contributed by atoms with Gasteiger partial charge >= 0.3 is 0 Å². The lowest BCUT2D eigenvalue weighted by Crippen LogP contribution is -2.36. The summed E-state index contributed by atoms with van der Waals surface area (Å²) in [5, 5.41) is 11.3. The molecule has 0 aliphatic carbocycles. The van der Waals surface area contributed by atoms with Gasteiger partial charge in [0, 0.05) is 31.1 Å². The first-order chi connectivity index (χ1) is 14.1. The molecule has 2 aliphatic rings. The SMILES string of the molecule is NC(=O)CCCCCCN1C=C(c2ccc(O[C@@H]3CCCC(CO)O3)cc2)NN1. The molecule has 2 heterocycles. The van der Waals surface area contributed by atoms with Crippen LogP contribution in [0.5, 0.6) is 5.75 Å². The van der Waals surface area contributed by atoms with E-state index in [0.717, 1.165) is 68.5 Å². The third-order valence-corrected chi connectivity index (χ3v) is 5.14. The number of ether oxygens (including phenoxy) is 2. The predicted octanol–water partition coefficient (Wildman–Crippen LogP) is 2.01. The van der Waals surface area contributed by atoms with Crippen molar-refractivity contribution >= 4 is 11.6 Å². The van der Waals surface area contributed by atoms with Gasteiger partial charge in [-0.05, 0) is 49.9 Å². The Kier molecular flexibility index (Phi) is 8.15. The van der Waals surface area contributed by atoms with Gasteiger partial charge in [-0.3, -0.25) is 9.80 Å². The first-order valence-corrected chi connectivity index (χ1v) is 10.5. The number of aliphatic hydroxyl groups excluding tert-OH is 1. The van der Waals surface area contributed by atoms with E-state index in [1.165, 1.54) is 0 Å². The number of amides is 1. The van der Waals surface area contributed by atoms with Gasteiger partial charge in [0.2, 0.25) is 5.91 Å². The van der Waals surface area contributed by atoms with Gasteiger partial charge in [-0.2, -0.15) is 0 Å². The van der Waals surface area contributed by atoms with E-state index >= 15 is 0 Å². The largest absolute Gasteiger partial charge is 0.465 e. The summed E-state index contributed by atoms with van der Waals surface area (Å²) in [4.78, 5) is 10.7. The summed E-state index contributed by atoms with van der Waals surface area (Å²) in [7, 11) is 0. The molecule has 1 aromatic carbocycles. The number of nitrogens with two attached hydrogens (primary N) is 1. The summed E-state index contributed by atoms with van der Waals surface area (Å²) in [5.41, 5.74) is 13.5. The molecular formula is C21H32N4O4. The molecule has 1 amide bonds. The summed E-state index contributed by atoms with van der Waals surface area (Å²) in [5.74, 6) is 0.539. The Morgan fingerprint density at radius 1 is 1.21 bits per heavy atom. The average Bonchev–Trinajstić information content (AvgIpc) is 3.20. The van der Waals surface area contributed by atoms with Crippen LogP contribution in [0.3, 0.4) is 0 Å². The molecule has 0 spiro atoms. The number of nitrogens with one attached hydrogen (secondary N) is 2. The van der Waals surface area contributed by atoms with Gasteiger partial charge < -0.3 is 25.7 Å². The molecule has 1 saturated heterocycles. The van der Waals surface area contributed by atoms with Gasteiger partial charge in [-0.25, -0.2) is 0 Å². The highest BCUT2D eigenvalue weighted by molar-refractivity contribution is 5.73. The number of hydrogen-bond donors (Lipinski definition) is 4. The van der Waals surface area contributed by atoms with Crippen molar-refractivity contribution in [3.05, 3.63) is 36.0 Å². The fourth-order valence-corrected chi connectivity index (χ4v) is 3.50. The minimum absolute atomic E-state index is 0.0372. The quantitative estimate of drug-likeness (QED) is 0.418. The molecule has 1 fully saturated rings. The number of unbranched alkanes of at least 4 members (excludes halogenated alkanes) is 3. The van der Waals surface area contributed by atoms with Gasteiger partial charge in [0.05, 0.1) is 18.4 Å². The minimum Gasteiger partial charge on any atom is -0.465 e. The molecule has 160 valence electrons. The van der Waals surface area contributed by atoms with Crippen LogP contribution in [0.2, 0.25) is 0 Å². The number of nitrogens with zero attached hydrogens (tertiary/aromatic N) is 1. The lowest BCUT2D eigenvalue weighted by molar-refractivity contribution is -0.158. The normalized spacial score (nSPS) is 21.6. The second-order valence-electron chi connectivity index (χ2n) is 7.55. The first kappa shape index (κ1) is 21.4. The van der Waals surface area contributed by atoms with Gasteiger partial charge in [0.25, 0.3) is 0 Å². The number of carbonyl (C=O) groups is 1. The van der Waals surface area contributed by atoms with Crippen molar-refractivity contribution in [3.8, 4) is 5.75 Å². The number of primary amides is 1. The number of hydrogen-bond acceptors (Lipinski definition) is 7. The molecule has 8 heteroatoms. The Morgan fingerprint density at radius 3 is 2.76 bits per heavy atom. The number of benzene rings is 1. The molecule has 2 aliphatic heterocycles. The van der Waals surface area contributed by atoms with E-state index in [4.69, 9.17) is 15.2 Å². The van der Waals surface area contributed by atoms with Crippen molar-refractivity contribution in [1.82, 2.24) is 16.0 Å². The number of hydrazine groups is 2. The molecule has 1 aromatic rings. The Hall–Kier alpha value is -2.29.